The molecule has 5 nitrogen and oxygen atoms in total. The first kappa shape index (κ1) is 13.3. The minimum Gasteiger partial charge on any atom is -0.508 e. The fourth-order valence-electron chi connectivity index (χ4n) is 1.78. The van der Waals surface area contributed by atoms with Gasteiger partial charge in [-0.3, -0.25) is 4.79 Å². The topological polar surface area (TPSA) is 78.0 Å². The van der Waals surface area contributed by atoms with E-state index in [1.54, 1.807) is 24.3 Å². The van der Waals surface area contributed by atoms with Gasteiger partial charge in [0, 0.05) is 18.2 Å². The molecule has 0 fully saturated rings. The Labute approximate surface area is 111 Å². The molecule has 19 heavy (non-hydrogen) atoms. The maximum absolute atomic E-state index is 11.6. The van der Waals surface area contributed by atoms with Crippen molar-refractivity contribution in [1.82, 2.24) is 15.3 Å². The largest absolute Gasteiger partial charge is 0.508 e. The highest BCUT2D eigenvalue weighted by Gasteiger charge is 2.04. The van der Waals surface area contributed by atoms with Crippen LogP contribution in [0.15, 0.2) is 35.1 Å². The second kappa shape index (κ2) is 6.15. The Morgan fingerprint density at radius 1 is 1.37 bits per heavy atom. The van der Waals surface area contributed by atoms with E-state index < -0.39 is 0 Å². The van der Waals surface area contributed by atoms with Gasteiger partial charge in [-0.05, 0) is 25.1 Å². The van der Waals surface area contributed by atoms with Crippen LogP contribution in [0.1, 0.15) is 19.0 Å². The summed E-state index contributed by atoms with van der Waals surface area (Å²) in [7, 11) is 0. The molecule has 0 amide bonds. The van der Waals surface area contributed by atoms with Crippen molar-refractivity contribution in [2.45, 2.75) is 19.9 Å². The normalized spacial score (nSPS) is 10.6. The lowest BCUT2D eigenvalue weighted by molar-refractivity contribution is 0.475. The van der Waals surface area contributed by atoms with Crippen molar-refractivity contribution in [3.8, 4) is 17.1 Å². The van der Waals surface area contributed by atoms with Crippen LogP contribution in [0.25, 0.3) is 11.4 Å². The molecule has 100 valence electrons. The first-order valence-electron chi connectivity index (χ1n) is 6.29. The third-order valence-electron chi connectivity index (χ3n) is 2.65. The van der Waals surface area contributed by atoms with Gasteiger partial charge in [-0.1, -0.05) is 19.1 Å². The van der Waals surface area contributed by atoms with E-state index in [-0.39, 0.29) is 11.3 Å². The summed E-state index contributed by atoms with van der Waals surface area (Å²) < 4.78 is 0. The SMILES string of the molecule is CCCNCc1cc(=O)[nH]c(-c2cccc(O)c2)n1. The Kier molecular flexibility index (Phi) is 4.30. The van der Waals surface area contributed by atoms with Crippen LogP contribution in [0, 0.1) is 0 Å². The van der Waals surface area contributed by atoms with E-state index in [0.29, 0.717) is 23.6 Å². The van der Waals surface area contributed by atoms with Gasteiger partial charge in [-0.25, -0.2) is 4.98 Å². The molecule has 0 aliphatic carbocycles. The first-order valence-corrected chi connectivity index (χ1v) is 6.29. The molecular formula is C14H17N3O2. The number of aromatic amines is 1. The van der Waals surface area contributed by atoms with Crippen molar-refractivity contribution in [3.05, 3.63) is 46.4 Å². The van der Waals surface area contributed by atoms with Crippen LogP contribution in [0.5, 0.6) is 5.75 Å². The highest BCUT2D eigenvalue weighted by Crippen LogP contribution is 2.18. The lowest BCUT2D eigenvalue weighted by Crippen LogP contribution is -2.18. The second-order valence-corrected chi connectivity index (χ2v) is 4.31. The van der Waals surface area contributed by atoms with Crippen molar-refractivity contribution >= 4 is 0 Å². The zero-order valence-corrected chi connectivity index (χ0v) is 10.8. The van der Waals surface area contributed by atoms with Crippen molar-refractivity contribution in [2.75, 3.05) is 6.54 Å². The van der Waals surface area contributed by atoms with Crippen LogP contribution in [-0.2, 0) is 6.54 Å². The number of phenolic OH excluding ortho intramolecular Hbond substituents is 1. The molecule has 0 saturated carbocycles. The monoisotopic (exact) mass is 259 g/mol. The summed E-state index contributed by atoms with van der Waals surface area (Å²) in [5, 5.41) is 12.7. The zero-order valence-electron chi connectivity index (χ0n) is 10.8. The van der Waals surface area contributed by atoms with Gasteiger partial charge in [0.1, 0.15) is 11.6 Å². The minimum atomic E-state index is -0.193. The summed E-state index contributed by atoms with van der Waals surface area (Å²) in [4.78, 5) is 18.7. The van der Waals surface area contributed by atoms with Crippen LogP contribution in [-0.4, -0.2) is 21.6 Å². The number of hydrogen-bond donors (Lipinski definition) is 3. The molecule has 0 unspecified atom stereocenters. The highest BCUT2D eigenvalue weighted by molar-refractivity contribution is 5.57. The molecule has 0 radical (unpaired) electrons. The van der Waals surface area contributed by atoms with Gasteiger partial charge in [0.25, 0.3) is 5.56 Å². The third kappa shape index (κ3) is 3.66. The summed E-state index contributed by atoms with van der Waals surface area (Å²) in [5.41, 5.74) is 1.19. The average molecular weight is 259 g/mol. The molecule has 1 aromatic heterocycles. The smallest absolute Gasteiger partial charge is 0.251 e. The van der Waals surface area contributed by atoms with E-state index in [1.165, 1.54) is 6.07 Å². The second-order valence-electron chi connectivity index (χ2n) is 4.31. The number of aromatic nitrogens is 2. The minimum absolute atomic E-state index is 0.148. The number of hydrogen-bond acceptors (Lipinski definition) is 4. The van der Waals surface area contributed by atoms with Crippen molar-refractivity contribution < 1.29 is 5.11 Å². The van der Waals surface area contributed by atoms with Crippen LogP contribution < -0.4 is 10.9 Å². The molecule has 2 aromatic rings. The molecule has 0 atom stereocenters. The van der Waals surface area contributed by atoms with Crippen LogP contribution >= 0.6 is 0 Å². The summed E-state index contributed by atoms with van der Waals surface area (Å²) in [6, 6.07) is 8.14. The molecule has 2 rings (SSSR count). The first-order chi connectivity index (χ1) is 9.19. The van der Waals surface area contributed by atoms with Crippen LogP contribution in [0.2, 0.25) is 0 Å². The fraction of sp³-hybridized carbons (Fsp3) is 0.286. The summed E-state index contributed by atoms with van der Waals surface area (Å²) in [5.74, 6) is 0.617. The molecular weight excluding hydrogens is 242 g/mol. The van der Waals surface area contributed by atoms with Crippen LogP contribution in [0.3, 0.4) is 0 Å². The number of H-pyrrole nitrogens is 1. The summed E-state index contributed by atoms with van der Waals surface area (Å²) in [6.07, 6.45) is 1.03. The van der Waals surface area contributed by atoms with Gasteiger partial charge >= 0.3 is 0 Å². The molecule has 0 aliphatic rings. The fourth-order valence-corrected chi connectivity index (χ4v) is 1.78. The predicted molar refractivity (Wildman–Crippen MR) is 74.0 cm³/mol. The maximum Gasteiger partial charge on any atom is 0.251 e. The average Bonchev–Trinajstić information content (AvgIpc) is 2.38. The summed E-state index contributed by atoms with van der Waals surface area (Å²) in [6.45, 7) is 3.52. The van der Waals surface area contributed by atoms with E-state index in [1.807, 2.05) is 0 Å². The van der Waals surface area contributed by atoms with Gasteiger partial charge in [-0.2, -0.15) is 0 Å². The Morgan fingerprint density at radius 2 is 2.21 bits per heavy atom. The third-order valence-corrected chi connectivity index (χ3v) is 2.65. The van der Waals surface area contributed by atoms with Crippen molar-refractivity contribution in [3.63, 3.8) is 0 Å². The van der Waals surface area contributed by atoms with E-state index in [9.17, 15) is 9.90 Å². The lowest BCUT2D eigenvalue weighted by atomic mass is 10.2. The van der Waals surface area contributed by atoms with Crippen molar-refractivity contribution in [2.24, 2.45) is 0 Å². The number of benzene rings is 1. The standard InChI is InChI=1S/C14H17N3O2/c1-2-6-15-9-11-8-13(19)17-14(16-11)10-4-3-5-12(18)7-10/h3-5,7-8,15,18H,2,6,9H2,1H3,(H,16,17,19). The van der Waals surface area contributed by atoms with Crippen molar-refractivity contribution in [1.29, 1.82) is 0 Å². The Hall–Kier alpha value is -2.14. The lowest BCUT2D eigenvalue weighted by Gasteiger charge is -2.06. The Morgan fingerprint density at radius 3 is 2.95 bits per heavy atom. The molecule has 0 aliphatic heterocycles. The number of phenols is 1. The number of nitrogens with zero attached hydrogens (tertiary/aromatic N) is 1. The van der Waals surface area contributed by atoms with Gasteiger partial charge in [-0.15, -0.1) is 0 Å². The molecule has 0 bridgehead atoms. The quantitative estimate of drug-likeness (QED) is 0.713. The van der Waals surface area contributed by atoms with E-state index in [4.69, 9.17) is 0 Å². The number of aromatic hydroxyl groups is 1. The van der Waals surface area contributed by atoms with Crippen LogP contribution in [0.4, 0.5) is 0 Å². The number of rotatable bonds is 5. The van der Waals surface area contributed by atoms with Gasteiger partial charge in [0.2, 0.25) is 0 Å². The molecule has 0 saturated heterocycles. The Balaban J connectivity index is 2.28. The van der Waals surface area contributed by atoms with E-state index in [2.05, 4.69) is 22.2 Å². The molecule has 0 spiro atoms. The molecule has 5 heteroatoms. The summed E-state index contributed by atoms with van der Waals surface area (Å²) >= 11 is 0. The molecule has 1 heterocycles. The maximum atomic E-state index is 11.6. The molecule has 3 N–H and O–H groups in total. The van der Waals surface area contributed by atoms with Gasteiger partial charge < -0.3 is 15.4 Å². The van der Waals surface area contributed by atoms with E-state index in [0.717, 1.165) is 13.0 Å². The highest BCUT2D eigenvalue weighted by atomic mass is 16.3. The predicted octanol–water partition coefficient (Wildman–Crippen LogP) is 1.64. The molecule has 1 aromatic carbocycles. The zero-order chi connectivity index (χ0) is 13.7. The number of nitrogens with one attached hydrogen (secondary N) is 2. The van der Waals surface area contributed by atoms with Gasteiger partial charge in [0.15, 0.2) is 0 Å². The van der Waals surface area contributed by atoms with Gasteiger partial charge in [0.05, 0.1) is 5.69 Å². The Bertz CT molecular complexity index is 608. The van der Waals surface area contributed by atoms with E-state index >= 15 is 0 Å².